The SMILES string of the molecule is Cc1ccc(OCCNc2c(F)cccc2F)cc1. The van der Waals surface area contributed by atoms with Crippen LogP contribution >= 0.6 is 0 Å². The first-order chi connectivity index (χ1) is 9.16. The van der Waals surface area contributed by atoms with Gasteiger partial charge in [-0.3, -0.25) is 0 Å². The number of hydrogen-bond donors (Lipinski definition) is 1. The zero-order valence-electron chi connectivity index (χ0n) is 10.6. The lowest BCUT2D eigenvalue weighted by Crippen LogP contribution is -2.13. The van der Waals surface area contributed by atoms with E-state index in [0.717, 1.165) is 11.3 Å². The molecule has 0 saturated carbocycles. The molecule has 2 rings (SSSR count). The lowest BCUT2D eigenvalue weighted by atomic mass is 10.2. The first-order valence-corrected chi connectivity index (χ1v) is 6.04. The molecule has 0 atom stereocenters. The molecule has 0 aliphatic heterocycles. The highest BCUT2D eigenvalue weighted by Gasteiger charge is 2.06. The topological polar surface area (TPSA) is 21.3 Å². The minimum absolute atomic E-state index is 0.116. The van der Waals surface area contributed by atoms with Gasteiger partial charge >= 0.3 is 0 Å². The molecule has 19 heavy (non-hydrogen) atoms. The van der Waals surface area contributed by atoms with Crippen LogP contribution in [0.15, 0.2) is 42.5 Å². The number of hydrogen-bond acceptors (Lipinski definition) is 2. The van der Waals surface area contributed by atoms with Gasteiger partial charge in [0.25, 0.3) is 0 Å². The van der Waals surface area contributed by atoms with Crippen molar-refractivity contribution in [3.8, 4) is 5.75 Å². The van der Waals surface area contributed by atoms with Crippen LogP contribution in [-0.2, 0) is 0 Å². The smallest absolute Gasteiger partial charge is 0.149 e. The van der Waals surface area contributed by atoms with Crippen molar-refractivity contribution in [2.45, 2.75) is 6.92 Å². The normalized spacial score (nSPS) is 10.3. The van der Waals surface area contributed by atoms with Crippen LogP contribution in [0.3, 0.4) is 0 Å². The Morgan fingerprint density at radius 2 is 1.63 bits per heavy atom. The molecule has 4 heteroatoms. The highest BCUT2D eigenvalue weighted by atomic mass is 19.1. The monoisotopic (exact) mass is 263 g/mol. The zero-order valence-corrected chi connectivity index (χ0v) is 10.6. The highest BCUT2D eigenvalue weighted by molar-refractivity contribution is 5.45. The van der Waals surface area contributed by atoms with Crippen molar-refractivity contribution >= 4 is 5.69 Å². The van der Waals surface area contributed by atoms with Crippen LogP contribution in [0.2, 0.25) is 0 Å². The van der Waals surface area contributed by atoms with E-state index >= 15 is 0 Å². The van der Waals surface area contributed by atoms with E-state index in [1.165, 1.54) is 18.2 Å². The molecular weight excluding hydrogens is 248 g/mol. The molecule has 0 saturated heterocycles. The fraction of sp³-hybridized carbons (Fsp3) is 0.200. The van der Waals surface area contributed by atoms with Gasteiger partial charge in [-0.2, -0.15) is 0 Å². The van der Waals surface area contributed by atoms with Crippen LogP contribution in [0.25, 0.3) is 0 Å². The van der Waals surface area contributed by atoms with Gasteiger partial charge in [0.15, 0.2) is 0 Å². The second-order valence-electron chi connectivity index (χ2n) is 4.18. The van der Waals surface area contributed by atoms with Crippen molar-refractivity contribution in [2.75, 3.05) is 18.5 Å². The molecule has 2 aromatic rings. The molecule has 0 aliphatic rings. The second-order valence-corrected chi connectivity index (χ2v) is 4.18. The Hall–Kier alpha value is -2.10. The first-order valence-electron chi connectivity index (χ1n) is 6.04. The van der Waals surface area contributed by atoms with E-state index in [1.54, 1.807) is 0 Å². The van der Waals surface area contributed by atoms with Crippen molar-refractivity contribution < 1.29 is 13.5 Å². The average Bonchev–Trinajstić information content (AvgIpc) is 2.39. The zero-order chi connectivity index (χ0) is 13.7. The van der Waals surface area contributed by atoms with Gasteiger partial charge in [0.05, 0.1) is 0 Å². The number of para-hydroxylation sites is 1. The molecule has 0 aliphatic carbocycles. The lowest BCUT2D eigenvalue weighted by Gasteiger charge is -2.10. The van der Waals surface area contributed by atoms with Gasteiger partial charge in [0.2, 0.25) is 0 Å². The predicted octanol–water partition coefficient (Wildman–Crippen LogP) is 3.76. The van der Waals surface area contributed by atoms with Crippen molar-refractivity contribution in [1.29, 1.82) is 0 Å². The standard InChI is InChI=1S/C15H15F2NO/c1-11-5-7-12(8-6-11)19-10-9-18-15-13(16)3-2-4-14(15)17/h2-8,18H,9-10H2,1H3. The fourth-order valence-electron chi connectivity index (χ4n) is 1.65. The van der Waals surface area contributed by atoms with Crippen LogP contribution in [0.1, 0.15) is 5.56 Å². The molecule has 0 amide bonds. The second kappa shape index (κ2) is 6.18. The maximum absolute atomic E-state index is 13.3. The van der Waals surface area contributed by atoms with Gasteiger partial charge < -0.3 is 10.1 Å². The van der Waals surface area contributed by atoms with Crippen LogP contribution in [0.4, 0.5) is 14.5 Å². The van der Waals surface area contributed by atoms with Crippen LogP contribution in [-0.4, -0.2) is 13.2 Å². The van der Waals surface area contributed by atoms with Crippen molar-refractivity contribution in [2.24, 2.45) is 0 Å². The predicted molar refractivity (Wildman–Crippen MR) is 71.5 cm³/mol. The average molecular weight is 263 g/mol. The summed E-state index contributed by atoms with van der Waals surface area (Å²) in [6.45, 7) is 2.65. The Balaban J connectivity index is 1.82. The van der Waals surface area contributed by atoms with Gasteiger partial charge in [-0.1, -0.05) is 23.8 Å². The summed E-state index contributed by atoms with van der Waals surface area (Å²) in [5.74, 6) is -0.466. The van der Waals surface area contributed by atoms with E-state index in [0.29, 0.717) is 13.2 Å². The molecule has 0 radical (unpaired) electrons. The summed E-state index contributed by atoms with van der Waals surface area (Å²) in [4.78, 5) is 0. The van der Waals surface area contributed by atoms with Gasteiger partial charge in [-0.25, -0.2) is 8.78 Å². The minimum Gasteiger partial charge on any atom is -0.492 e. The third-order valence-corrected chi connectivity index (χ3v) is 2.66. The Morgan fingerprint density at radius 1 is 1.00 bits per heavy atom. The van der Waals surface area contributed by atoms with Crippen molar-refractivity contribution in [3.63, 3.8) is 0 Å². The molecule has 0 spiro atoms. The number of benzene rings is 2. The van der Waals surface area contributed by atoms with E-state index in [4.69, 9.17) is 4.74 Å². The van der Waals surface area contributed by atoms with Gasteiger partial charge in [0.1, 0.15) is 29.7 Å². The minimum atomic E-state index is -0.602. The molecular formula is C15H15F2NO. The summed E-state index contributed by atoms with van der Waals surface area (Å²) in [6, 6.07) is 11.4. The molecule has 0 heterocycles. The largest absolute Gasteiger partial charge is 0.492 e. The van der Waals surface area contributed by atoms with Gasteiger partial charge in [-0.15, -0.1) is 0 Å². The maximum atomic E-state index is 13.3. The Morgan fingerprint density at radius 3 is 2.26 bits per heavy atom. The summed E-state index contributed by atoms with van der Waals surface area (Å²) in [6.07, 6.45) is 0. The van der Waals surface area contributed by atoms with Gasteiger partial charge in [0, 0.05) is 6.54 Å². The molecule has 0 fully saturated rings. The maximum Gasteiger partial charge on any atom is 0.149 e. The van der Waals surface area contributed by atoms with Crippen LogP contribution < -0.4 is 10.1 Å². The first kappa shape index (κ1) is 13.3. The van der Waals surface area contributed by atoms with Gasteiger partial charge in [-0.05, 0) is 31.2 Å². The summed E-state index contributed by atoms with van der Waals surface area (Å²) < 4.78 is 32.1. The number of rotatable bonds is 5. The molecule has 2 aromatic carbocycles. The summed E-state index contributed by atoms with van der Waals surface area (Å²) in [5.41, 5.74) is 1.04. The molecule has 2 nitrogen and oxygen atoms in total. The quantitative estimate of drug-likeness (QED) is 0.829. The van der Waals surface area contributed by atoms with Crippen molar-refractivity contribution in [1.82, 2.24) is 0 Å². The van der Waals surface area contributed by atoms with E-state index in [1.807, 2.05) is 31.2 Å². The number of halogens is 2. The molecule has 1 N–H and O–H groups in total. The number of nitrogens with one attached hydrogen (secondary N) is 1. The highest BCUT2D eigenvalue weighted by Crippen LogP contribution is 2.17. The van der Waals surface area contributed by atoms with Crippen LogP contribution in [0.5, 0.6) is 5.75 Å². The van der Waals surface area contributed by atoms with Crippen LogP contribution in [0, 0.1) is 18.6 Å². The molecule has 0 bridgehead atoms. The Bertz CT molecular complexity index is 520. The van der Waals surface area contributed by atoms with E-state index in [9.17, 15) is 8.78 Å². The van der Waals surface area contributed by atoms with Crippen molar-refractivity contribution in [3.05, 3.63) is 59.7 Å². The third-order valence-electron chi connectivity index (χ3n) is 2.66. The molecule has 100 valence electrons. The third kappa shape index (κ3) is 3.68. The number of ether oxygens (including phenoxy) is 1. The molecule has 0 unspecified atom stereocenters. The fourth-order valence-corrected chi connectivity index (χ4v) is 1.65. The van der Waals surface area contributed by atoms with E-state index in [2.05, 4.69) is 5.32 Å². The number of aryl methyl sites for hydroxylation is 1. The summed E-state index contributed by atoms with van der Waals surface area (Å²) >= 11 is 0. The molecule has 0 aromatic heterocycles. The lowest BCUT2D eigenvalue weighted by molar-refractivity contribution is 0.332. The summed E-state index contributed by atoms with van der Waals surface area (Å²) in [7, 11) is 0. The summed E-state index contributed by atoms with van der Waals surface area (Å²) in [5, 5.41) is 2.69. The van der Waals surface area contributed by atoms with E-state index < -0.39 is 11.6 Å². The Kier molecular flexibility index (Phi) is 4.34. The van der Waals surface area contributed by atoms with E-state index in [-0.39, 0.29) is 5.69 Å². The number of anilines is 1. The Labute approximate surface area is 111 Å².